The molecule has 0 atom stereocenters. The summed E-state index contributed by atoms with van der Waals surface area (Å²) in [6, 6.07) is 10.0. The minimum Gasteiger partial charge on any atom is -0.109 e. The molecular weight excluding hydrogens is 179 g/mol. The second-order valence-corrected chi connectivity index (χ2v) is 2.52. The number of alkyl halides is 2. The molecule has 1 rings (SSSR count). The maximum absolute atomic E-state index is 4.76. The predicted molar refractivity (Wildman–Crippen MR) is 53.1 cm³/mol. The van der Waals surface area contributed by atoms with Crippen LogP contribution in [0.5, 0.6) is 0 Å². The fourth-order valence-electron chi connectivity index (χ4n) is 0.589. The van der Waals surface area contributed by atoms with Crippen LogP contribution >= 0.6 is 23.2 Å². The molecule has 1 aromatic carbocycles. The number of hydrogen-bond acceptors (Lipinski definition) is 0. The third kappa shape index (κ3) is 5.96. The SMILES string of the molecule is C=Cc1ccccc1.ClCCl. The number of hydrogen-bond donors (Lipinski definition) is 0. The first-order valence-corrected chi connectivity index (χ1v) is 4.21. The van der Waals surface area contributed by atoms with Gasteiger partial charge in [-0.05, 0) is 5.56 Å². The zero-order valence-electron chi connectivity index (χ0n) is 6.13. The van der Waals surface area contributed by atoms with Gasteiger partial charge >= 0.3 is 0 Å². The van der Waals surface area contributed by atoms with Crippen LogP contribution in [0.3, 0.4) is 0 Å². The van der Waals surface area contributed by atoms with Crippen LogP contribution < -0.4 is 0 Å². The van der Waals surface area contributed by atoms with Gasteiger partial charge in [0.2, 0.25) is 0 Å². The molecule has 0 amide bonds. The molecule has 0 radical (unpaired) electrons. The summed E-state index contributed by atoms with van der Waals surface area (Å²) < 4.78 is 0. The second-order valence-electron chi connectivity index (χ2n) is 1.72. The highest BCUT2D eigenvalue weighted by molar-refractivity contribution is 6.40. The van der Waals surface area contributed by atoms with Gasteiger partial charge in [-0.2, -0.15) is 0 Å². The summed E-state index contributed by atoms with van der Waals surface area (Å²) in [5.41, 5.74) is 1.17. The first kappa shape index (κ1) is 10.5. The van der Waals surface area contributed by atoms with Gasteiger partial charge < -0.3 is 0 Å². The van der Waals surface area contributed by atoms with E-state index in [-0.39, 0.29) is 5.34 Å². The lowest BCUT2D eigenvalue weighted by Crippen LogP contribution is -1.63. The molecule has 0 saturated heterocycles. The Morgan fingerprint density at radius 3 is 1.91 bits per heavy atom. The van der Waals surface area contributed by atoms with E-state index in [2.05, 4.69) is 6.58 Å². The smallest absolute Gasteiger partial charge is 0.0967 e. The lowest BCUT2D eigenvalue weighted by molar-refractivity contribution is 1.67. The Labute approximate surface area is 77.4 Å². The molecule has 60 valence electrons. The van der Waals surface area contributed by atoms with Crippen LogP contribution in [0, 0.1) is 0 Å². The molecular formula is C9H10Cl2. The molecule has 0 heterocycles. The van der Waals surface area contributed by atoms with E-state index >= 15 is 0 Å². The van der Waals surface area contributed by atoms with Gasteiger partial charge in [0.25, 0.3) is 0 Å². The Bertz CT molecular complexity index is 182. The van der Waals surface area contributed by atoms with E-state index in [0.717, 1.165) is 0 Å². The van der Waals surface area contributed by atoms with Gasteiger partial charge in [-0.25, -0.2) is 0 Å². The Balaban J connectivity index is 0.000000292. The Hall–Kier alpha value is -0.460. The normalized spacial score (nSPS) is 7.82. The summed E-state index contributed by atoms with van der Waals surface area (Å²) in [5.74, 6) is 0. The topological polar surface area (TPSA) is 0 Å². The zero-order chi connectivity index (χ0) is 8.53. The molecule has 0 aromatic heterocycles. The van der Waals surface area contributed by atoms with Crippen molar-refractivity contribution in [2.45, 2.75) is 0 Å². The number of rotatable bonds is 1. The lowest BCUT2D eigenvalue weighted by Gasteiger charge is -1.85. The summed E-state index contributed by atoms with van der Waals surface area (Å²) in [4.78, 5) is 0. The second kappa shape index (κ2) is 7.64. The molecule has 0 spiro atoms. The van der Waals surface area contributed by atoms with E-state index in [1.807, 2.05) is 36.4 Å². The first-order chi connectivity index (χ1) is 5.35. The zero-order valence-corrected chi connectivity index (χ0v) is 7.65. The van der Waals surface area contributed by atoms with Crippen LogP contribution in [-0.2, 0) is 0 Å². The molecule has 0 aliphatic heterocycles. The van der Waals surface area contributed by atoms with Crippen molar-refractivity contribution in [3.8, 4) is 0 Å². The van der Waals surface area contributed by atoms with Crippen molar-refractivity contribution in [2.75, 3.05) is 5.34 Å². The van der Waals surface area contributed by atoms with Crippen molar-refractivity contribution < 1.29 is 0 Å². The molecule has 0 bridgehead atoms. The molecule has 11 heavy (non-hydrogen) atoms. The average Bonchev–Trinajstić information content (AvgIpc) is 2.08. The Morgan fingerprint density at radius 2 is 1.64 bits per heavy atom. The van der Waals surface area contributed by atoms with Crippen molar-refractivity contribution in [3.05, 3.63) is 42.5 Å². The molecule has 0 saturated carbocycles. The van der Waals surface area contributed by atoms with Crippen molar-refractivity contribution in [3.63, 3.8) is 0 Å². The molecule has 0 fully saturated rings. The van der Waals surface area contributed by atoms with E-state index in [1.165, 1.54) is 5.56 Å². The highest BCUT2D eigenvalue weighted by Crippen LogP contribution is 1.97. The van der Waals surface area contributed by atoms with Crippen LogP contribution in [0.15, 0.2) is 36.9 Å². The van der Waals surface area contributed by atoms with Crippen molar-refractivity contribution in [1.82, 2.24) is 0 Å². The summed E-state index contributed by atoms with van der Waals surface area (Å²) in [6.45, 7) is 3.63. The predicted octanol–water partition coefficient (Wildman–Crippen LogP) is 3.75. The van der Waals surface area contributed by atoms with Crippen LogP contribution in [-0.4, -0.2) is 5.34 Å². The van der Waals surface area contributed by atoms with Crippen molar-refractivity contribution >= 4 is 29.3 Å². The molecule has 1 aromatic rings. The molecule has 0 aliphatic rings. The summed E-state index contributed by atoms with van der Waals surface area (Å²) in [6.07, 6.45) is 1.83. The van der Waals surface area contributed by atoms with E-state index in [0.29, 0.717) is 0 Å². The van der Waals surface area contributed by atoms with Gasteiger partial charge in [-0.1, -0.05) is 43.0 Å². The van der Waals surface area contributed by atoms with Gasteiger partial charge in [-0.3, -0.25) is 0 Å². The average molecular weight is 189 g/mol. The summed E-state index contributed by atoms with van der Waals surface area (Å²) in [5, 5.41) is 0.194. The fourth-order valence-corrected chi connectivity index (χ4v) is 0.589. The van der Waals surface area contributed by atoms with E-state index in [1.54, 1.807) is 0 Å². The van der Waals surface area contributed by atoms with E-state index < -0.39 is 0 Å². The fraction of sp³-hybridized carbons (Fsp3) is 0.111. The third-order valence-electron chi connectivity index (χ3n) is 1.04. The van der Waals surface area contributed by atoms with Crippen molar-refractivity contribution in [1.29, 1.82) is 0 Å². The third-order valence-corrected chi connectivity index (χ3v) is 1.04. The number of halogens is 2. The largest absolute Gasteiger partial charge is 0.109 e. The molecule has 0 aliphatic carbocycles. The minimum absolute atomic E-state index is 0.194. The Morgan fingerprint density at radius 1 is 1.18 bits per heavy atom. The number of benzene rings is 1. The van der Waals surface area contributed by atoms with Gasteiger partial charge in [0.1, 0.15) is 0 Å². The van der Waals surface area contributed by atoms with E-state index in [4.69, 9.17) is 23.2 Å². The van der Waals surface area contributed by atoms with Gasteiger partial charge in [0.05, 0.1) is 5.34 Å². The lowest BCUT2D eigenvalue weighted by atomic mass is 10.2. The monoisotopic (exact) mass is 188 g/mol. The van der Waals surface area contributed by atoms with E-state index in [9.17, 15) is 0 Å². The van der Waals surface area contributed by atoms with Crippen molar-refractivity contribution in [2.24, 2.45) is 0 Å². The Kier molecular flexibility index (Phi) is 7.33. The highest BCUT2D eigenvalue weighted by Gasteiger charge is 1.75. The summed E-state index contributed by atoms with van der Waals surface area (Å²) in [7, 11) is 0. The molecule has 0 N–H and O–H groups in total. The van der Waals surface area contributed by atoms with Crippen LogP contribution in [0.4, 0.5) is 0 Å². The maximum atomic E-state index is 4.76. The van der Waals surface area contributed by atoms with Crippen LogP contribution in [0.2, 0.25) is 0 Å². The van der Waals surface area contributed by atoms with Gasteiger partial charge in [0, 0.05) is 0 Å². The summed E-state index contributed by atoms with van der Waals surface area (Å²) >= 11 is 9.53. The van der Waals surface area contributed by atoms with Gasteiger partial charge in [0.15, 0.2) is 0 Å². The standard InChI is InChI=1S/C8H8.CH2Cl2/c1-2-8-6-4-3-5-7-8;2-1-3/h2-7H,1H2;1H2. The van der Waals surface area contributed by atoms with Crippen LogP contribution in [0.25, 0.3) is 6.08 Å². The minimum atomic E-state index is 0.194. The van der Waals surface area contributed by atoms with Crippen LogP contribution in [0.1, 0.15) is 5.56 Å². The maximum Gasteiger partial charge on any atom is 0.0967 e. The molecule has 0 nitrogen and oxygen atoms in total. The van der Waals surface area contributed by atoms with Gasteiger partial charge in [-0.15, -0.1) is 23.2 Å². The molecule has 2 heteroatoms. The highest BCUT2D eigenvalue weighted by atomic mass is 35.5. The quantitative estimate of drug-likeness (QED) is 0.590. The molecule has 0 unspecified atom stereocenters. The first-order valence-electron chi connectivity index (χ1n) is 3.14.